The monoisotopic (exact) mass is 318 g/mol. The minimum atomic E-state index is -1.12. The van der Waals surface area contributed by atoms with Crippen molar-refractivity contribution in [2.45, 2.75) is 84.3 Å². The van der Waals surface area contributed by atoms with Gasteiger partial charge in [0.25, 0.3) is 0 Å². The molecule has 4 aliphatic carbocycles. The minimum Gasteiger partial charge on any atom is -0.368 e. The van der Waals surface area contributed by atoms with Crippen LogP contribution in [0.15, 0.2) is 11.6 Å². The second kappa shape index (κ2) is 5.59. The fraction of sp³-hybridized carbons (Fsp3) is 0.905. The highest BCUT2D eigenvalue weighted by Gasteiger charge is 2.58. The number of aliphatic hydroxyl groups is 2. The molecule has 0 aromatic carbocycles. The molecule has 6 atom stereocenters. The zero-order valence-corrected chi connectivity index (χ0v) is 14.9. The number of rotatable bonds is 2. The van der Waals surface area contributed by atoms with Crippen molar-refractivity contribution in [3.63, 3.8) is 0 Å². The summed E-state index contributed by atoms with van der Waals surface area (Å²) in [4.78, 5) is 0. The van der Waals surface area contributed by atoms with Crippen molar-refractivity contribution in [3.8, 4) is 0 Å². The molecule has 0 heterocycles. The third kappa shape index (κ3) is 2.35. The Hall–Kier alpha value is -0.340. The first kappa shape index (κ1) is 16.1. The van der Waals surface area contributed by atoms with Crippen LogP contribution in [0.3, 0.4) is 0 Å². The van der Waals surface area contributed by atoms with Crippen LogP contribution in [0.25, 0.3) is 0 Å². The second-order valence-corrected chi connectivity index (χ2v) is 9.49. The van der Waals surface area contributed by atoms with E-state index in [4.69, 9.17) is 0 Å². The predicted octanol–water partition coefficient (Wildman–Crippen LogP) is 4.66. The van der Waals surface area contributed by atoms with Crippen molar-refractivity contribution >= 4 is 0 Å². The van der Waals surface area contributed by atoms with Crippen LogP contribution in [-0.4, -0.2) is 16.5 Å². The molecule has 0 amide bonds. The molecule has 2 heteroatoms. The highest BCUT2D eigenvalue weighted by Crippen LogP contribution is 2.67. The summed E-state index contributed by atoms with van der Waals surface area (Å²) in [6.45, 7) is 5.05. The molecule has 0 aromatic heterocycles. The molecule has 23 heavy (non-hydrogen) atoms. The van der Waals surface area contributed by atoms with Crippen molar-refractivity contribution in [1.29, 1.82) is 0 Å². The van der Waals surface area contributed by atoms with E-state index in [0.717, 1.165) is 17.8 Å². The molecule has 4 rings (SSSR count). The van der Waals surface area contributed by atoms with Gasteiger partial charge in [0.15, 0.2) is 6.29 Å². The van der Waals surface area contributed by atoms with Gasteiger partial charge in [-0.05, 0) is 92.3 Å². The van der Waals surface area contributed by atoms with E-state index < -0.39 is 6.29 Å². The molecule has 3 saturated carbocycles. The number of hydrogen-bond acceptors (Lipinski definition) is 2. The molecule has 130 valence electrons. The van der Waals surface area contributed by atoms with Gasteiger partial charge in [0.2, 0.25) is 0 Å². The lowest BCUT2D eigenvalue weighted by atomic mass is 9.47. The molecule has 2 N–H and O–H groups in total. The van der Waals surface area contributed by atoms with Gasteiger partial charge < -0.3 is 10.2 Å². The number of fused-ring (bicyclic) bond motifs is 5. The summed E-state index contributed by atoms with van der Waals surface area (Å²) in [6.07, 6.45) is 14.1. The van der Waals surface area contributed by atoms with Gasteiger partial charge in [-0.25, -0.2) is 0 Å². The molecule has 0 unspecified atom stereocenters. The van der Waals surface area contributed by atoms with Crippen LogP contribution in [0, 0.1) is 34.5 Å². The number of aliphatic hydroxyl groups excluding tert-OH is 1. The highest BCUT2D eigenvalue weighted by molar-refractivity contribution is 5.23. The standard InChI is InChI=1S/C21H34O2/c1-20-11-4-3-5-14(20)6-8-16-17-9-7-15(13-19(22)23)21(17,2)12-10-18(16)20/h5,15-19,22-23H,3-4,6-13H2,1-2H3/t15-,16+,17+,18+,20+,21-/m1/s1. The quantitative estimate of drug-likeness (QED) is 0.574. The zero-order chi connectivity index (χ0) is 16.2. The largest absolute Gasteiger partial charge is 0.368 e. The number of hydrogen-bond donors (Lipinski definition) is 2. The summed E-state index contributed by atoms with van der Waals surface area (Å²) < 4.78 is 0. The van der Waals surface area contributed by atoms with Gasteiger partial charge in [0.1, 0.15) is 0 Å². The summed E-state index contributed by atoms with van der Waals surface area (Å²) in [5, 5.41) is 19.0. The van der Waals surface area contributed by atoms with Crippen molar-refractivity contribution < 1.29 is 10.2 Å². The lowest BCUT2D eigenvalue weighted by molar-refractivity contribution is -0.0905. The zero-order valence-electron chi connectivity index (χ0n) is 14.9. The smallest absolute Gasteiger partial charge is 0.151 e. The van der Waals surface area contributed by atoms with Gasteiger partial charge in [-0.1, -0.05) is 25.5 Å². The van der Waals surface area contributed by atoms with Gasteiger partial charge in [-0.15, -0.1) is 0 Å². The van der Waals surface area contributed by atoms with Crippen molar-refractivity contribution in [2.24, 2.45) is 34.5 Å². The molecule has 3 fully saturated rings. The Kier molecular flexibility index (Phi) is 3.93. The van der Waals surface area contributed by atoms with E-state index >= 15 is 0 Å². The van der Waals surface area contributed by atoms with E-state index in [9.17, 15) is 10.2 Å². The molecule has 0 aromatic rings. The summed E-state index contributed by atoms with van der Waals surface area (Å²) in [5.41, 5.74) is 2.63. The Labute approximate surface area is 141 Å². The molecular formula is C21H34O2. The average molecular weight is 319 g/mol. The first-order valence-electron chi connectivity index (χ1n) is 10.0. The summed E-state index contributed by atoms with van der Waals surface area (Å²) in [6, 6.07) is 0. The molecule has 0 aliphatic heterocycles. The van der Waals surface area contributed by atoms with Crippen LogP contribution in [0.2, 0.25) is 0 Å². The predicted molar refractivity (Wildman–Crippen MR) is 92.7 cm³/mol. The van der Waals surface area contributed by atoms with Crippen LogP contribution < -0.4 is 0 Å². The number of allylic oxidation sites excluding steroid dienone is 2. The van der Waals surface area contributed by atoms with Crippen LogP contribution in [0.1, 0.15) is 78.1 Å². The second-order valence-electron chi connectivity index (χ2n) is 9.49. The van der Waals surface area contributed by atoms with Crippen LogP contribution >= 0.6 is 0 Å². The first-order valence-corrected chi connectivity index (χ1v) is 10.0. The molecule has 0 saturated heterocycles. The highest BCUT2D eigenvalue weighted by atomic mass is 16.5. The Bertz CT molecular complexity index is 496. The van der Waals surface area contributed by atoms with E-state index in [1.807, 2.05) is 0 Å². The fourth-order valence-electron chi connectivity index (χ4n) is 7.50. The molecule has 4 aliphatic rings. The minimum absolute atomic E-state index is 0.358. The molecule has 2 nitrogen and oxygen atoms in total. The van der Waals surface area contributed by atoms with Gasteiger partial charge in [0, 0.05) is 6.42 Å². The fourth-order valence-corrected chi connectivity index (χ4v) is 7.50. The SMILES string of the molecule is C[C@]12CC[C@H]3[C@@H](CCC4=CCCC[C@@]43C)[C@@H]1CC[C@@H]2CC(O)O. The van der Waals surface area contributed by atoms with E-state index in [2.05, 4.69) is 19.9 Å². The average Bonchev–Trinajstić information content (AvgIpc) is 2.83. The molecule has 0 radical (unpaired) electrons. The van der Waals surface area contributed by atoms with Crippen molar-refractivity contribution in [3.05, 3.63) is 11.6 Å². The van der Waals surface area contributed by atoms with E-state index in [1.54, 1.807) is 5.57 Å². The summed E-state index contributed by atoms with van der Waals surface area (Å²) in [5.74, 6) is 3.11. The lowest BCUT2D eigenvalue weighted by Crippen LogP contribution is -2.50. The van der Waals surface area contributed by atoms with Gasteiger partial charge >= 0.3 is 0 Å². The van der Waals surface area contributed by atoms with Crippen molar-refractivity contribution in [1.82, 2.24) is 0 Å². The van der Waals surface area contributed by atoms with Gasteiger partial charge in [0.05, 0.1) is 0 Å². The van der Waals surface area contributed by atoms with Gasteiger partial charge in [-0.3, -0.25) is 0 Å². The maximum Gasteiger partial charge on any atom is 0.151 e. The third-order valence-electron chi connectivity index (χ3n) is 8.72. The first-order chi connectivity index (χ1) is 10.9. The Morgan fingerprint density at radius 1 is 1.09 bits per heavy atom. The van der Waals surface area contributed by atoms with E-state index in [1.165, 1.54) is 57.8 Å². The summed E-state index contributed by atoms with van der Waals surface area (Å²) >= 11 is 0. The van der Waals surface area contributed by atoms with E-state index in [-0.39, 0.29) is 0 Å². The lowest BCUT2D eigenvalue weighted by Gasteiger charge is -2.58. The third-order valence-corrected chi connectivity index (χ3v) is 8.72. The normalized spacial score (nSPS) is 49.3. The topological polar surface area (TPSA) is 40.5 Å². The van der Waals surface area contributed by atoms with Crippen LogP contribution in [0.5, 0.6) is 0 Å². The van der Waals surface area contributed by atoms with Crippen LogP contribution in [0.4, 0.5) is 0 Å². The Morgan fingerprint density at radius 3 is 2.70 bits per heavy atom. The Morgan fingerprint density at radius 2 is 1.91 bits per heavy atom. The van der Waals surface area contributed by atoms with Gasteiger partial charge in [-0.2, -0.15) is 0 Å². The van der Waals surface area contributed by atoms with Crippen LogP contribution in [-0.2, 0) is 0 Å². The summed E-state index contributed by atoms with van der Waals surface area (Å²) in [7, 11) is 0. The molecular weight excluding hydrogens is 284 g/mol. The van der Waals surface area contributed by atoms with Crippen molar-refractivity contribution in [2.75, 3.05) is 0 Å². The maximum absolute atomic E-state index is 9.49. The Balaban J connectivity index is 1.60. The molecule has 0 spiro atoms. The molecule has 0 bridgehead atoms. The van der Waals surface area contributed by atoms with E-state index in [0.29, 0.717) is 23.2 Å². The maximum atomic E-state index is 9.49.